The molecule has 0 aliphatic carbocycles. The van der Waals surface area contributed by atoms with Gasteiger partial charge in [-0.05, 0) is 17.7 Å². The lowest BCUT2D eigenvalue weighted by Gasteiger charge is -2.04. The number of aromatic nitrogens is 2. The van der Waals surface area contributed by atoms with Crippen molar-refractivity contribution in [1.82, 2.24) is 9.55 Å². The topological polar surface area (TPSA) is 34.9 Å². The van der Waals surface area contributed by atoms with Gasteiger partial charge in [0.15, 0.2) is 6.29 Å². The molecule has 0 saturated carbocycles. The largest absolute Gasteiger partial charge is 0.338 e. The fourth-order valence-corrected chi connectivity index (χ4v) is 1.70. The molecule has 4 heteroatoms. The Morgan fingerprint density at radius 3 is 2.94 bits per heavy atom. The highest BCUT2D eigenvalue weighted by atomic mass is 35.5. The quantitative estimate of drug-likeness (QED) is 0.765. The zero-order valence-electron chi connectivity index (χ0n) is 8.85. The smallest absolute Gasteiger partial charge is 0.151 e. The minimum absolute atomic E-state index is 0.485. The molecule has 0 bridgehead atoms. The zero-order chi connectivity index (χ0) is 11.5. The summed E-state index contributed by atoms with van der Waals surface area (Å²) in [6, 6.07) is 5.44. The van der Waals surface area contributed by atoms with Crippen molar-refractivity contribution in [2.75, 3.05) is 0 Å². The van der Waals surface area contributed by atoms with Gasteiger partial charge in [-0.25, -0.2) is 4.98 Å². The second-order valence-corrected chi connectivity index (χ2v) is 4.01. The lowest BCUT2D eigenvalue weighted by atomic mass is 10.1. The fourth-order valence-electron chi connectivity index (χ4n) is 1.54. The Hall–Kier alpha value is -1.61. The highest BCUT2D eigenvalue weighted by Crippen LogP contribution is 2.17. The summed E-state index contributed by atoms with van der Waals surface area (Å²) in [5.41, 5.74) is 1.55. The van der Waals surface area contributed by atoms with Crippen molar-refractivity contribution in [3.05, 3.63) is 52.6 Å². The number of nitrogens with zero attached hydrogens (tertiary/aromatic N) is 2. The van der Waals surface area contributed by atoms with Crippen LogP contribution in [0.25, 0.3) is 0 Å². The third-order valence-electron chi connectivity index (χ3n) is 2.47. The highest BCUT2D eigenvalue weighted by Gasteiger charge is 2.04. The Balaban J connectivity index is 2.29. The highest BCUT2D eigenvalue weighted by molar-refractivity contribution is 6.32. The van der Waals surface area contributed by atoms with E-state index in [1.807, 2.05) is 23.9 Å². The molecule has 0 unspecified atom stereocenters. The molecule has 1 aromatic carbocycles. The number of rotatable bonds is 3. The summed E-state index contributed by atoms with van der Waals surface area (Å²) in [6.45, 7) is 0. The van der Waals surface area contributed by atoms with E-state index in [1.165, 1.54) is 0 Å². The number of carbonyl (C=O) groups is 1. The Bertz CT molecular complexity index is 519. The van der Waals surface area contributed by atoms with Crippen molar-refractivity contribution >= 4 is 17.9 Å². The average Bonchev–Trinajstić information content (AvgIpc) is 2.67. The van der Waals surface area contributed by atoms with Gasteiger partial charge >= 0.3 is 0 Å². The summed E-state index contributed by atoms with van der Waals surface area (Å²) in [5, 5.41) is 0.485. The minimum Gasteiger partial charge on any atom is -0.338 e. The Morgan fingerprint density at radius 2 is 2.31 bits per heavy atom. The molecule has 0 radical (unpaired) electrons. The number of hydrogen-bond donors (Lipinski definition) is 0. The maximum atomic E-state index is 10.7. The number of aldehydes is 1. The molecule has 0 atom stereocenters. The average molecular weight is 235 g/mol. The number of hydrogen-bond acceptors (Lipinski definition) is 2. The van der Waals surface area contributed by atoms with Gasteiger partial charge in [-0.1, -0.05) is 17.7 Å². The second-order valence-electron chi connectivity index (χ2n) is 3.60. The number of imidazole rings is 1. The molecule has 0 N–H and O–H groups in total. The number of benzene rings is 1. The molecular formula is C12H11ClN2O. The Labute approximate surface area is 98.7 Å². The SMILES string of the molecule is Cn1ccnc1Cc1ccc(Cl)c(C=O)c1. The Kier molecular flexibility index (Phi) is 3.06. The van der Waals surface area contributed by atoms with Crippen molar-refractivity contribution in [2.24, 2.45) is 7.05 Å². The van der Waals surface area contributed by atoms with E-state index >= 15 is 0 Å². The van der Waals surface area contributed by atoms with E-state index in [9.17, 15) is 4.79 Å². The molecule has 0 aliphatic heterocycles. The normalized spacial score (nSPS) is 10.4. The lowest BCUT2D eigenvalue weighted by molar-refractivity contribution is 0.112. The van der Waals surface area contributed by atoms with Crippen LogP contribution in [0.5, 0.6) is 0 Å². The predicted octanol–water partition coefficient (Wildman–Crippen LogP) is 2.48. The molecule has 1 heterocycles. The predicted molar refractivity (Wildman–Crippen MR) is 62.9 cm³/mol. The van der Waals surface area contributed by atoms with Gasteiger partial charge in [-0.3, -0.25) is 4.79 Å². The van der Waals surface area contributed by atoms with Crippen LogP contribution in [0.4, 0.5) is 0 Å². The first kappa shape index (κ1) is 10.9. The van der Waals surface area contributed by atoms with E-state index in [0.29, 0.717) is 17.0 Å². The van der Waals surface area contributed by atoms with E-state index < -0.39 is 0 Å². The summed E-state index contributed by atoms with van der Waals surface area (Å²) < 4.78 is 1.95. The van der Waals surface area contributed by atoms with Gasteiger partial charge in [0.05, 0.1) is 5.02 Å². The van der Waals surface area contributed by atoms with E-state index in [1.54, 1.807) is 18.3 Å². The van der Waals surface area contributed by atoms with Gasteiger partial charge in [-0.2, -0.15) is 0 Å². The molecule has 0 aliphatic rings. The number of aryl methyl sites for hydroxylation is 1. The molecule has 16 heavy (non-hydrogen) atoms. The third kappa shape index (κ3) is 2.14. The van der Waals surface area contributed by atoms with Gasteiger partial charge in [0, 0.05) is 31.4 Å². The van der Waals surface area contributed by atoms with Gasteiger partial charge in [0.2, 0.25) is 0 Å². The van der Waals surface area contributed by atoms with E-state index in [-0.39, 0.29) is 0 Å². The summed E-state index contributed by atoms with van der Waals surface area (Å²) in [6.07, 6.45) is 5.11. The van der Waals surface area contributed by atoms with Crippen molar-refractivity contribution in [3.8, 4) is 0 Å². The van der Waals surface area contributed by atoms with Crippen LogP contribution in [0.3, 0.4) is 0 Å². The zero-order valence-corrected chi connectivity index (χ0v) is 9.61. The van der Waals surface area contributed by atoms with Gasteiger partial charge in [0.1, 0.15) is 5.82 Å². The lowest BCUT2D eigenvalue weighted by Crippen LogP contribution is -1.99. The standard InChI is InChI=1S/C12H11ClN2O/c1-15-5-4-14-12(15)7-9-2-3-11(13)10(6-9)8-16/h2-6,8H,7H2,1H3. The molecule has 3 nitrogen and oxygen atoms in total. The maximum Gasteiger partial charge on any atom is 0.151 e. The van der Waals surface area contributed by atoms with Crippen molar-refractivity contribution in [1.29, 1.82) is 0 Å². The molecule has 1 aromatic heterocycles. The molecule has 0 amide bonds. The summed E-state index contributed by atoms with van der Waals surface area (Å²) in [5.74, 6) is 0.958. The van der Waals surface area contributed by atoms with Gasteiger partial charge in [-0.15, -0.1) is 0 Å². The van der Waals surface area contributed by atoms with E-state index in [2.05, 4.69) is 4.98 Å². The number of carbonyl (C=O) groups excluding carboxylic acids is 1. The molecule has 2 aromatic rings. The van der Waals surface area contributed by atoms with Crippen LogP contribution in [-0.2, 0) is 13.5 Å². The molecular weight excluding hydrogens is 224 g/mol. The fraction of sp³-hybridized carbons (Fsp3) is 0.167. The minimum atomic E-state index is 0.485. The van der Waals surface area contributed by atoms with Crippen molar-refractivity contribution in [2.45, 2.75) is 6.42 Å². The van der Waals surface area contributed by atoms with Crippen LogP contribution in [0.1, 0.15) is 21.7 Å². The van der Waals surface area contributed by atoms with Crippen LogP contribution < -0.4 is 0 Å². The van der Waals surface area contributed by atoms with E-state index in [0.717, 1.165) is 17.7 Å². The summed E-state index contributed by atoms with van der Waals surface area (Å²) in [4.78, 5) is 15.0. The first-order valence-corrected chi connectivity index (χ1v) is 5.28. The molecule has 0 spiro atoms. The van der Waals surface area contributed by atoms with Crippen LogP contribution in [0.2, 0.25) is 5.02 Å². The number of halogens is 1. The Morgan fingerprint density at radius 1 is 1.50 bits per heavy atom. The third-order valence-corrected chi connectivity index (χ3v) is 2.81. The van der Waals surface area contributed by atoms with Gasteiger partial charge < -0.3 is 4.57 Å². The van der Waals surface area contributed by atoms with Crippen LogP contribution in [0, 0.1) is 0 Å². The monoisotopic (exact) mass is 234 g/mol. The summed E-state index contributed by atoms with van der Waals surface area (Å²) in [7, 11) is 1.94. The second kappa shape index (κ2) is 4.49. The van der Waals surface area contributed by atoms with Crippen LogP contribution in [-0.4, -0.2) is 15.8 Å². The molecule has 2 rings (SSSR count). The molecule has 0 fully saturated rings. The van der Waals surface area contributed by atoms with Crippen LogP contribution >= 0.6 is 11.6 Å². The van der Waals surface area contributed by atoms with Gasteiger partial charge in [0.25, 0.3) is 0 Å². The maximum absolute atomic E-state index is 10.7. The summed E-state index contributed by atoms with van der Waals surface area (Å²) >= 11 is 5.86. The van der Waals surface area contributed by atoms with Crippen molar-refractivity contribution < 1.29 is 4.79 Å². The first-order chi connectivity index (χ1) is 7.70. The van der Waals surface area contributed by atoms with E-state index in [4.69, 9.17) is 11.6 Å². The van der Waals surface area contributed by atoms with Crippen molar-refractivity contribution in [3.63, 3.8) is 0 Å². The molecule has 0 saturated heterocycles. The van der Waals surface area contributed by atoms with Crippen LogP contribution in [0.15, 0.2) is 30.6 Å². The first-order valence-electron chi connectivity index (χ1n) is 4.90. The molecule has 82 valence electrons.